The van der Waals surface area contributed by atoms with Crippen molar-refractivity contribution >= 4 is 42.7 Å². The van der Waals surface area contributed by atoms with Crippen LogP contribution in [0.25, 0.3) is 0 Å². The SMILES string of the molecule is Clc1ccc(C2=NNC(=Nc3ccccc3)[Se]C2)cc1. The Morgan fingerprint density at radius 2 is 1.80 bits per heavy atom. The van der Waals surface area contributed by atoms with E-state index in [2.05, 4.69) is 15.5 Å². The molecule has 0 radical (unpaired) electrons. The Kier molecular flexibility index (Phi) is 4.16. The van der Waals surface area contributed by atoms with Gasteiger partial charge in [0.15, 0.2) is 0 Å². The van der Waals surface area contributed by atoms with Gasteiger partial charge in [-0.05, 0) is 0 Å². The third-order valence-corrected chi connectivity index (χ3v) is 4.88. The molecule has 3 rings (SSSR count). The number of nitrogens with zero attached hydrogens (tertiary/aromatic N) is 2. The fraction of sp³-hybridized carbons (Fsp3) is 0.0667. The number of aliphatic imine (C=N–C) groups is 1. The number of nitrogens with one attached hydrogen (secondary N) is 1. The molecule has 0 unspecified atom stereocenters. The molecule has 1 heterocycles. The maximum absolute atomic E-state index is 5.89. The molecule has 0 amide bonds. The summed E-state index contributed by atoms with van der Waals surface area (Å²) < 4.78 is 0.960. The summed E-state index contributed by atoms with van der Waals surface area (Å²) in [7, 11) is 0. The second kappa shape index (κ2) is 6.23. The summed E-state index contributed by atoms with van der Waals surface area (Å²) in [5.74, 6) is 0. The van der Waals surface area contributed by atoms with Gasteiger partial charge in [-0.2, -0.15) is 0 Å². The molecule has 5 heteroatoms. The van der Waals surface area contributed by atoms with E-state index in [4.69, 9.17) is 11.6 Å². The summed E-state index contributed by atoms with van der Waals surface area (Å²) in [6.07, 6.45) is 0. The van der Waals surface area contributed by atoms with Crippen LogP contribution in [-0.2, 0) is 0 Å². The van der Waals surface area contributed by atoms with Crippen molar-refractivity contribution in [2.75, 3.05) is 0 Å². The van der Waals surface area contributed by atoms with E-state index < -0.39 is 0 Å². The molecule has 100 valence electrons. The van der Waals surface area contributed by atoms with Gasteiger partial charge in [0.25, 0.3) is 0 Å². The zero-order valence-electron chi connectivity index (χ0n) is 10.6. The van der Waals surface area contributed by atoms with Crippen molar-refractivity contribution in [1.29, 1.82) is 0 Å². The maximum atomic E-state index is 5.89. The number of amidine groups is 1. The van der Waals surface area contributed by atoms with Crippen LogP contribution >= 0.6 is 11.6 Å². The first kappa shape index (κ1) is 13.4. The Morgan fingerprint density at radius 1 is 1.05 bits per heavy atom. The molecule has 0 fully saturated rings. The Balaban J connectivity index is 1.75. The van der Waals surface area contributed by atoms with Gasteiger partial charge in [0.05, 0.1) is 0 Å². The van der Waals surface area contributed by atoms with Crippen LogP contribution in [0.1, 0.15) is 5.56 Å². The summed E-state index contributed by atoms with van der Waals surface area (Å²) in [6, 6.07) is 17.7. The van der Waals surface area contributed by atoms with Crippen molar-refractivity contribution in [2.24, 2.45) is 10.1 Å². The molecule has 0 aliphatic carbocycles. The predicted molar refractivity (Wildman–Crippen MR) is 85.2 cm³/mol. The fourth-order valence-electron chi connectivity index (χ4n) is 1.78. The van der Waals surface area contributed by atoms with Crippen molar-refractivity contribution in [1.82, 2.24) is 5.43 Å². The first-order valence-electron chi connectivity index (χ1n) is 6.16. The van der Waals surface area contributed by atoms with E-state index in [1.54, 1.807) is 0 Å². The Morgan fingerprint density at radius 3 is 2.45 bits per heavy atom. The molecule has 0 saturated carbocycles. The summed E-state index contributed by atoms with van der Waals surface area (Å²) >= 11 is 6.16. The summed E-state index contributed by atoms with van der Waals surface area (Å²) in [5, 5.41) is 6.10. The van der Waals surface area contributed by atoms with Gasteiger partial charge in [-0.3, -0.25) is 0 Å². The number of hydrogen-bond donors (Lipinski definition) is 1. The van der Waals surface area contributed by atoms with Crippen LogP contribution in [0.2, 0.25) is 10.3 Å². The molecule has 0 atom stereocenters. The van der Waals surface area contributed by atoms with Crippen molar-refractivity contribution in [2.45, 2.75) is 5.32 Å². The third-order valence-electron chi connectivity index (χ3n) is 2.80. The number of halogens is 1. The van der Waals surface area contributed by atoms with E-state index in [9.17, 15) is 0 Å². The molecule has 0 bridgehead atoms. The quantitative estimate of drug-likeness (QED) is 0.829. The first-order valence-corrected chi connectivity index (χ1v) is 8.61. The zero-order chi connectivity index (χ0) is 13.8. The number of hydrogen-bond acceptors (Lipinski definition) is 2. The van der Waals surface area contributed by atoms with Gasteiger partial charge in [0, 0.05) is 0 Å². The monoisotopic (exact) mass is 349 g/mol. The fourth-order valence-corrected chi connectivity index (χ4v) is 3.56. The van der Waals surface area contributed by atoms with Crippen LogP contribution in [0, 0.1) is 0 Å². The van der Waals surface area contributed by atoms with Gasteiger partial charge in [-0.15, -0.1) is 0 Å². The normalized spacial score (nSPS) is 16.6. The first-order chi connectivity index (χ1) is 9.81. The van der Waals surface area contributed by atoms with E-state index in [0.29, 0.717) is 0 Å². The number of rotatable bonds is 2. The van der Waals surface area contributed by atoms with Gasteiger partial charge in [0.2, 0.25) is 0 Å². The number of hydrazone groups is 1. The molecule has 0 spiro atoms. The molecule has 20 heavy (non-hydrogen) atoms. The van der Waals surface area contributed by atoms with Gasteiger partial charge in [0.1, 0.15) is 0 Å². The zero-order valence-corrected chi connectivity index (χ0v) is 13.1. The standard InChI is InChI=1S/C15H12ClN3Se/c16-12-8-6-11(7-9-12)14-10-20-15(19-18-14)17-13-4-2-1-3-5-13/h1-9H,10H2,(H,17,19). The Labute approximate surface area is 128 Å². The molecule has 1 aliphatic rings. The molecule has 0 aromatic heterocycles. The minimum atomic E-state index is 0.270. The van der Waals surface area contributed by atoms with Crippen LogP contribution in [0.3, 0.4) is 0 Å². The van der Waals surface area contributed by atoms with Gasteiger partial charge in [-0.25, -0.2) is 0 Å². The average Bonchev–Trinajstić information content (AvgIpc) is 2.50. The third kappa shape index (κ3) is 3.28. The molecule has 0 saturated heterocycles. The van der Waals surface area contributed by atoms with Crippen molar-refractivity contribution in [3.8, 4) is 0 Å². The van der Waals surface area contributed by atoms with Gasteiger partial charge in [-0.1, -0.05) is 0 Å². The molecule has 2 aromatic carbocycles. The van der Waals surface area contributed by atoms with Gasteiger partial charge < -0.3 is 0 Å². The van der Waals surface area contributed by atoms with Gasteiger partial charge >= 0.3 is 129 Å². The molecular weight excluding hydrogens is 337 g/mol. The Hall–Kier alpha value is -1.61. The van der Waals surface area contributed by atoms with Crippen molar-refractivity contribution in [3.63, 3.8) is 0 Å². The Bertz CT molecular complexity index is 651. The molecule has 1 aliphatic heterocycles. The van der Waals surface area contributed by atoms with Crippen molar-refractivity contribution < 1.29 is 0 Å². The van der Waals surface area contributed by atoms with E-state index in [0.717, 1.165) is 32.0 Å². The van der Waals surface area contributed by atoms with Crippen LogP contribution < -0.4 is 5.43 Å². The molecule has 3 nitrogen and oxygen atoms in total. The second-order valence-electron chi connectivity index (χ2n) is 4.22. The van der Waals surface area contributed by atoms with Crippen LogP contribution in [0.15, 0.2) is 64.7 Å². The summed E-state index contributed by atoms with van der Waals surface area (Å²) in [4.78, 5) is 4.57. The summed E-state index contributed by atoms with van der Waals surface area (Å²) in [6.45, 7) is 0. The van der Waals surface area contributed by atoms with E-state index in [1.165, 1.54) is 0 Å². The van der Waals surface area contributed by atoms with Crippen molar-refractivity contribution in [3.05, 3.63) is 65.2 Å². The summed E-state index contributed by atoms with van der Waals surface area (Å²) in [5.41, 5.74) is 6.20. The number of benzene rings is 2. The second-order valence-corrected chi connectivity index (χ2v) is 6.68. The predicted octanol–water partition coefficient (Wildman–Crippen LogP) is 3.46. The number of para-hydroxylation sites is 1. The molecular formula is C15H12ClN3Se. The average molecular weight is 349 g/mol. The van der Waals surface area contributed by atoms with Crippen LogP contribution in [-0.4, -0.2) is 25.4 Å². The topological polar surface area (TPSA) is 36.8 Å². The van der Waals surface area contributed by atoms with E-state index in [1.807, 2.05) is 54.6 Å². The van der Waals surface area contributed by atoms with Crippen LogP contribution in [0.5, 0.6) is 0 Å². The molecule has 1 N–H and O–H groups in total. The molecule has 2 aromatic rings. The minimum absolute atomic E-state index is 0.270. The van der Waals surface area contributed by atoms with E-state index >= 15 is 0 Å². The van der Waals surface area contributed by atoms with Crippen LogP contribution in [0.4, 0.5) is 5.69 Å². The van der Waals surface area contributed by atoms with E-state index in [-0.39, 0.29) is 15.0 Å².